The molecule has 0 N–H and O–H groups in total. The summed E-state index contributed by atoms with van der Waals surface area (Å²) in [5.41, 5.74) is 1.32. The Balaban J connectivity index is 0. The molecule has 0 unspecified atom stereocenters. The van der Waals surface area contributed by atoms with Gasteiger partial charge in [0.15, 0.2) is 0 Å². The van der Waals surface area contributed by atoms with Crippen LogP contribution in [0.15, 0.2) is 30.3 Å². The first-order chi connectivity index (χ1) is 9.72. The summed E-state index contributed by atoms with van der Waals surface area (Å²) in [5.74, 6) is 0. The molecular weight excluding hydrogens is 240 g/mol. The van der Waals surface area contributed by atoms with Gasteiger partial charge < -0.3 is 0 Å². The minimum absolute atomic E-state index is 1.32. The van der Waals surface area contributed by atoms with E-state index in [-0.39, 0.29) is 0 Å². The van der Waals surface area contributed by atoms with E-state index in [0.717, 1.165) is 0 Å². The molecule has 0 aliphatic rings. The van der Waals surface area contributed by atoms with Crippen LogP contribution in [0.3, 0.4) is 0 Å². The molecule has 0 atom stereocenters. The van der Waals surface area contributed by atoms with E-state index in [1.807, 2.05) is 18.2 Å². The second-order valence-corrected chi connectivity index (χ2v) is 5.42. The Labute approximate surface area is 129 Å². The highest BCUT2D eigenvalue weighted by atomic mass is 13.9. The summed E-state index contributed by atoms with van der Waals surface area (Å²) >= 11 is 0. The van der Waals surface area contributed by atoms with Gasteiger partial charge in [0.05, 0.1) is 0 Å². The van der Waals surface area contributed by atoms with Gasteiger partial charge in [-0.25, -0.2) is 0 Å². The zero-order valence-corrected chi connectivity index (χ0v) is 14.8. The van der Waals surface area contributed by atoms with Gasteiger partial charge in [0.2, 0.25) is 0 Å². The van der Waals surface area contributed by atoms with Crippen molar-refractivity contribution in [2.75, 3.05) is 0 Å². The molecule has 0 heteroatoms. The Morgan fingerprint density at radius 2 is 0.950 bits per heavy atom. The fraction of sp³-hybridized carbons (Fsp3) is 0.700. The third kappa shape index (κ3) is 22.4. The molecule has 0 spiro atoms. The van der Waals surface area contributed by atoms with Gasteiger partial charge in [0.25, 0.3) is 0 Å². The fourth-order valence-corrected chi connectivity index (χ4v) is 1.74. The first-order valence-electron chi connectivity index (χ1n) is 8.74. The predicted molar refractivity (Wildman–Crippen MR) is 95.4 cm³/mol. The lowest BCUT2D eigenvalue weighted by Crippen LogP contribution is -1.73. The van der Waals surface area contributed by atoms with Gasteiger partial charge >= 0.3 is 0 Å². The lowest BCUT2D eigenvalue weighted by Gasteiger charge is -1.93. The van der Waals surface area contributed by atoms with Crippen LogP contribution in [-0.2, 0) is 0 Å². The molecule has 20 heavy (non-hydrogen) atoms. The van der Waals surface area contributed by atoms with Crippen LogP contribution in [0.5, 0.6) is 0 Å². The smallest absolute Gasteiger partial charge is 0.0398 e. The van der Waals surface area contributed by atoms with Crippen LogP contribution in [0, 0.1) is 6.92 Å². The fourth-order valence-electron chi connectivity index (χ4n) is 1.74. The minimum Gasteiger partial charge on any atom is -0.0654 e. The average molecular weight is 279 g/mol. The van der Waals surface area contributed by atoms with Crippen molar-refractivity contribution in [2.24, 2.45) is 0 Å². The predicted octanol–water partition coefficient (Wildman–Crippen LogP) is 7.56. The third-order valence-corrected chi connectivity index (χ3v) is 3.10. The standard InChI is InChI=1S/C8H18.C7H8.C5H12/c1-3-5-7-8-6-4-2;1-7-5-3-2-4-6-7;1-3-5-4-2/h3-8H2,1-2H3;2-6H,1H3;3-5H2,1-2H3. The van der Waals surface area contributed by atoms with E-state index in [0.29, 0.717) is 0 Å². The van der Waals surface area contributed by atoms with Gasteiger partial charge in [-0.2, -0.15) is 0 Å². The number of benzene rings is 1. The van der Waals surface area contributed by atoms with Crippen LogP contribution < -0.4 is 0 Å². The molecule has 1 rings (SSSR count). The summed E-state index contributed by atoms with van der Waals surface area (Å²) in [4.78, 5) is 0. The van der Waals surface area contributed by atoms with Crippen molar-refractivity contribution >= 4 is 0 Å². The van der Waals surface area contributed by atoms with Gasteiger partial charge in [-0.3, -0.25) is 0 Å². The van der Waals surface area contributed by atoms with E-state index in [4.69, 9.17) is 0 Å². The molecule has 1 aromatic rings. The van der Waals surface area contributed by atoms with E-state index in [1.54, 1.807) is 0 Å². The number of hydrogen-bond donors (Lipinski definition) is 0. The highest BCUT2D eigenvalue weighted by molar-refractivity contribution is 5.11. The van der Waals surface area contributed by atoms with Crippen molar-refractivity contribution in [1.29, 1.82) is 0 Å². The van der Waals surface area contributed by atoms with E-state index in [9.17, 15) is 0 Å². The Hall–Kier alpha value is -0.780. The number of hydrogen-bond acceptors (Lipinski definition) is 0. The molecule has 1 aromatic carbocycles. The van der Waals surface area contributed by atoms with E-state index < -0.39 is 0 Å². The highest BCUT2D eigenvalue weighted by Gasteiger charge is 1.83. The average Bonchev–Trinajstić information content (AvgIpc) is 2.47. The normalized spacial score (nSPS) is 9.05. The van der Waals surface area contributed by atoms with Crippen molar-refractivity contribution in [2.45, 2.75) is 92.4 Å². The first kappa shape index (κ1) is 21.5. The maximum atomic E-state index is 2.26. The SMILES string of the molecule is CCCCC.CCCCCCCC.Cc1ccccc1. The van der Waals surface area contributed by atoms with E-state index >= 15 is 0 Å². The molecule has 0 nitrogen and oxygen atoms in total. The van der Waals surface area contributed by atoms with Crippen LogP contribution in [0.4, 0.5) is 0 Å². The molecule has 0 bridgehead atoms. The van der Waals surface area contributed by atoms with Crippen LogP contribution in [0.25, 0.3) is 0 Å². The molecule has 0 aliphatic heterocycles. The summed E-state index contributed by atoms with van der Waals surface area (Å²) in [5, 5.41) is 0. The molecule has 0 heterocycles. The summed E-state index contributed by atoms with van der Waals surface area (Å²) < 4.78 is 0. The van der Waals surface area contributed by atoms with Crippen LogP contribution in [0.2, 0.25) is 0 Å². The Bertz CT molecular complexity index is 229. The van der Waals surface area contributed by atoms with Gasteiger partial charge in [0, 0.05) is 0 Å². The highest BCUT2D eigenvalue weighted by Crippen LogP contribution is 2.03. The molecule has 0 aliphatic carbocycles. The van der Waals surface area contributed by atoms with Crippen LogP contribution >= 0.6 is 0 Å². The quantitative estimate of drug-likeness (QED) is 0.451. The zero-order chi connectivity index (χ0) is 15.5. The van der Waals surface area contributed by atoms with Crippen molar-refractivity contribution in [3.8, 4) is 0 Å². The van der Waals surface area contributed by atoms with E-state index in [1.165, 1.54) is 63.4 Å². The number of rotatable bonds is 7. The van der Waals surface area contributed by atoms with Crippen molar-refractivity contribution in [3.05, 3.63) is 35.9 Å². The van der Waals surface area contributed by atoms with Gasteiger partial charge in [-0.05, 0) is 6.92 Å². The molecule has 0 saturated carbocycles. The maximum absolute atomic E-state index is 2.26. The third-order valence-electron chi connectivity index (χ3n) is 3.10. The van der Waals surface area contributed by atoms with E-state index in [2.05, 4.69) is 46.8 Å². The van der Waals surface area contributed by atoms with Crippen molar-refractivity contribution in [3.63, 3.8) is 0 Å². The zero-order valence-electron chi connectivity index (χ0n) is 14.8. The number of aryl methyl sites for hydroxylation is 1. The number of unbranched alkanes of at least 4 members (excludes halogenated alkanes) is 7. The molecular formula is C20H38. The maximum Gasteiger partial charge on any atom is -0.0398 e. The topological polar surface area (TPSA) is 0 Å². The monoisotopic (exact) mass is 278 g/mol. The molecule has 0 aromatic heterocycles. The lowest BCUT2D eigenvalue weighted by molar-refractivity contribution is 0.624. The molecule has 0 fully saturated rings. The van der Waals surface area contributed by atoms with Crippen LogP contribution in [0.1, 0.15) is 91.0 Å². The molecule has 0 radical (unpaired) electrons. The van der Waals surface area contributed by atoms with Gasteiger partial charge in [-0.1, -0.05) is 121 Å². The Morgan fingerprint density at radius 1 is 0.550 bits per heavy atom. The first-order valence-corrected chi connectivity index (χ1v) is 8.74. The van der Waals surface area contributed by atoms with Gasteiger partial charge in [0.1, 0.15) is 0 Å². The minimum atomic E-state index is 1.32. The lowest BCUT2D eigenvalue weighted by atomic mass is 10.1. The Kier molecular flexibility index (Phi) is 22.1. The van der Waals surface area contributed by atoms with Crippen LogP contribution in [-0.4, -0.2) is 0 Å². The van der Waals surface area contributed by atoms with Crippen molar-refractivity contribution in [1.82, 2.24) is 0 Å². The summed E-state index contributed by atoms with van der Waals surface area (Å²) in [7, 11) is 0. The second-order valence-electron chi connectivity index (χ2n) is 5.42. The summed E-state index contributed by atoms with van der Waals surface area (Å²) in [6.07, 6.45) is 12.6. The Morgan fingerprint density at radius 3 is 1.15 bits per heavy atom. The molecule has 0 saturated heterocycles. The molecule has 0 amide bonds. The summed E-state index contributed by atoms with van der Waals surface area (Å²) in [6, 6.07) is 10.3. The summed E-state index contributed by atoms with van der Waals surface area (Å²) in [6.45, 7) is 11.0. The largest absolute Gasteiger partial charge is 0.0654 e. The molecule has 118 valence electrons. The van der Waals surface area contributed by atoms with Gasteiger partial charge in [-0.15, -0.1) is 0 Å². The second kappa shape index (κ2) is 20.5. The van der Waals surface area contributed by atoms with Crippen molar-refractivity contribution < 1.29 is 0 Å².